The normalized spacial score (nSPS) is 10.8. The van der Waals surface area contributed by atoms with Gasteiger partial charge in [0.1, 0.15) is 0 Å². The zero-order valence-corrected chi connectivity index (χ0v) is 14.2. The van der Waals surface area contributed by atoms with E-state index in [1.807, 2.05) is 0 Å². The molecule has 1 aromatic carbocycles. The molecule has 0 N–H and O–H groups in total. The van der Waals surface area contributed by atoms with Gasteiger partial charge in [-0.2, -0.15) is 0 Å². The highest BCUT2D eigenvalue weighted by Gasteiger charge is 2.15. The number of halogens is 3. The standard InChI is InChI=1S/C16H21BrClFO/c1-2-3-4-5-6-7-8-9-14(20)12-10-11-13(17)15(18)16(12)19/h10-11H,2-9H2,1H3. The molecule has 112 valence electrons. The lowest BCUT2D eigenvalue weighted by Gasteiger charge is -2.05. The average molecular weight is 364 g/mol. The summed E-state index contributed by atoms with van der Waals surface area (Å²) in [5.74, 6) is -0.778. The van der Waals surface area contributed by atoms with Gasteiger partial charge in [-0.05, 0) is 34.5 Å². The number of ketones is 1. The van der Waals surface area contributed by atoms with E-state index in [2.05, 4.69) is 22.9 Å². The molecular weight excluding hydrogens is 343 g/mol. The van der Waals surface area contributed by atoms with Crippen LogP contribution in [-0.2, 0) is 0 Å². The van der Waals surface area contributed by atoms with Crippen LogP contribution in [0.2, 0.25) is 5.02 Å². The molecule has 1 rings (SSSR count). The van der Waals surface area contributed by atoms with Gasteiger partial charge in [0.05, 0.1) is 10.6 Å². The van der Waals surface area contributed by atoms with Crippen LogP contribution >= 0.6 is 27.5 Å². The minimum Gasteiger partial charge on any atom is -0.294 e. The van der Waals surface area contributed by atoms with Crippen LogP contribution in [0.1, 0.15) is 68.6 Å². The summed E-state index contributed by atoms with van der Waals surface area (Å²) in [6, 6.07) is 3.11. The maximum Gasteiger partial charge on any atom is 0.165 e. The van der Waals surface area contributed by atoms with E-state index in [4.69, 9.17) is 11.6 Å². The third-order valence-corrected chi connectivity index (χ3v) is 4.60. The van der Waals surface area contributed by atoms with Crippen LogP contribution < -0.4 is 0 Å². The Morgan fingerprint density at radius 3 is 2.40 bits per heavy atom. The third-order valence-electron chi connectivity index (χ3n) is 3.34. The molecule has 0 spiro atoms. The molecule has 20 heavy (non-hydrogen) atoms. The first kappa shape index (κ1) is 17.6. The highest BCUT2D eigenvalue weighted by atomic mass is 79.9. The molecule has 0 saturated carbocycles. The zero-order chi connectivity index (χ0) is 15.0. The van der Waals surface area contributed by atoms with E-state index >= 15 is 0 Å². The monoisotopic (exact) mass is 362 g/mol. The van der Waals surface area contributed by atoms with E-state index in [0.29, 0.717) is 10.9 Å². The van der Waals surface area contributed by atoms with Crippen molar-refractivity contribution in [2.45, 2.75) is 58.3 Å². The van der Waals surface area contributed by atoms with Crippen molar-refractivity contribution in [1.82, 2.24) is 0 Å². The molecule has 0 amide bonds. The molecule has 0 radical (unpaired) electrons. The number of hydrogen-bond acceptors (Lipinski definition) is 1. The van der Waals surface area contributed by atoms with Crippen LogP contribution in [0.25, 0.3) is 0 Å². The molecule has 1 aromatic rings. The highest BCUT2D eigenvalue weighted by Crippen LogP contribution is 2.28. The Labute approximate surface area is 134 Å². The van der Waals surface area contributed by atoms with E-state index in [1.54, 1.807) is 6.07 Å². The number of Topliss-reactive ketones (excluding diaryl/α,β-unsaturated/α-hetero) is 1. The van der Waals surface area contributed by atoms with Crippen LogP contribution in [0.3, 0.4) is 0 Å². The summed E-state index contributed by atoms with van der Waals surface area (Å²) >= 11 is 8.92. The van der Waals surface area contributed by atoms with Crippen LogP contribution in [0.5, 0.6) is 0 Å². The van der Waals surface area contributed by atoms with Gasteiger partial charge in [-0.15, -0.1) is 0 Å². The van der Waals surface area contributed by atoms with Crippen molar-refractivity contribution in [3.63, 3.8) is 0 Å². The summed E-state index contributed by atoms with van der Waals surface area (Å²) in [5, 5.41) is -0.0181. The maximum atomic E-state index is 13.8. The van der Waals surface area contributed by atoms with Gasteiger partial charge in [0.25, 0.3) is 0 Å². The largest absolute Gasteiger partial charge is 0.294 e. The Hall–Kier alpha value is -0.410. The second-order valence-electron chi connectivity index (χ2n) is 5.02. The van der Waals surface area contributed by atoms with Gasteiger partial charge in [-0.25, -0.2) is 4.39 Å². The van der Waals surface area contributed by atoms with Crippen molar-refractivity contribution in [2.24, 2.45) is 0 Å². The van der Waals surface area contributed by atoms with Crippen LogP contribution in [-0.4, -0.2) is 5.78 Å². The summed E-state index contributed by atoms with van der Waals surface area (Å²) in [6.45, 7) is 2.19. The molecule has 4 heteroatoms. The minimum absolute atomic E-state index is 0.0181. The molecule has 0 aliphatic rings. The van der Waals surface area contributed by atoms with Crippen LogP contribution in [0.4, 0.5) is 4.39 Å². The number of benzene rings is 1. The number of hydrogen-bond donors (Lipinski definition) is 0. The van der Waals surface area contributed by atoms with Gasteiger partial charge in [-0.3, -0.25) is 4.79 Å². The topological polar surface area (TPSA) is 17.1 Å². The van der Waals surface area contributed by atoms with Crippen molar-refractivity contribution in [2.75, 3.05) is 0 Å². The fourth-order valence-electron chi connectivity index (χ4n) is 2.12. The zero-order valence-electron chi connectivity index (χ0n) is 11.9. The van der Waals surface area contributed by atoms with Crippen molar-refractivity contribution < 1.29 is 9.18 Å². The van der Waals surface area contributed by atoms with Gasteiger partial charge >= 0.3 is 0 Å². The van der Waals surface area contributed by atoms with E-state index in [1.165, 1.54) is 31.7 Å². The summed E-state index contributed by atoms with van der Waals surface area (Å²) < 4.78 is 14.3. The van der Waals surface area contributed by atoms with Crippen molar-refractivity contribution in [1.29, 1.82) is 0 Å². The summed E-state index contributed by atoms with van der Waals surface area (Å²) in [5.41, 5.74) is 0.101. The minimum atomic E-state index is -0.617. The van der Waals surface area contributed by atoms with Gasteiger partial charge in [0.2, 0.25) is 0 Å². The van der Waals surface area contributed by atoms with E-state index in [0.717, 1.165) is 19.3 Å². The Bertz CT molecular complexity index is 448. The molecule has 0 unspecified atom stereocenters. The fraction of sp³-hybridized carbons (Fsp3) is 0.562. The predicted octanol–water partition coefficient (Wildman–Crippen LogP) is 6.57. The van der Waals surface area contributed by atoms with E-state index in [-0.39, 0.29) is 16.4 Å². The van der Waals surface area contributed by atoms with Crippen LogP contribution in [0, 0.1) is 5.82 Å². The van der Waals surface area contributed by atoms with E-state index < -0.39 is 5.82 Å². The van der Waals surface area contributed by atoms with E-state index in [9.17, 15) is 9.18 Å². The molecule has 0 bridgehead atoms. The van der Waals surface area contributed by atoms with Crippen molar-refractivity contribution in [3.8, 4) is 0 Å². The predicted molar refractivity (Wildman–Crippen MR) is 86.1 cm³/mol. The summed E-state index contributed by atoms with van der Waals surface area (Å²) in [4.78, 5) is 12.0. The molecule has 0 heterocycles. The molecule has 0 atom stereocenters. The van der Waals surface area contributed by atoms with Gasteiger partial charge in [0, 0.05) is 10.9 Å². The van der Waals surface area contributed by atoms with Gasteiger partial charge in [-0.1, -0.05) is 57.0 Å². The Balaban J connectivity index is 2.35. The first-order valence-corrected chi connectivity index (χ1v) is 8.41. The molecular formula is C16H21BrClFO. The first-order valence-electron chi connectivity index (χ1n) is 7.24. The Morgan fingerprint density at radius 2 is 1.75 bits per heavy atom. The average Bonchev–Trinajstić information content (AvgIpc) is 2.43. The second-order valence-corrected chi connectivity index (χ2v) is 6.25. The quantitative estimate of drug-likeness (QED) is 0.275. The van der Waals surface area contributed by atoms with Crippen molar-refractivity contribution in [3.05, 3.63) is 33.0 Å². The lowest BCUT2D eigenvalue weighted by Crippen LogP contribution is -2.03. The first-order chi connectivity index (χ1) is 9.57. The molecule has 1 nitrogen and oxygen atoms in total. The van der Waals surface area contributed by atoms with Gasteiger partial charge < -0.3 is 0 Å². The molecule has 0 aliphatic heterocycles. The molecule has 0 aromatic heterocycles. The maximum absolute atomic E-state index is 13.8. The molecule has 0 saturated heterocycles. The SMILES string of the molecule is CCCCCCCCCC(=O)c1ccc(Br)c(Cl)c1F. The smallest absolute Gasteiger partial charge is 0.165 e. The third kappa shape index (κ3) is 5.53. The second kappa shape index (κ2) is 9.51. The van der Waals surface area contributed by atoms with Crippen molar-refractivity contribution >= 4 is 33.3 Å². The number of rotatable bonds is 9. The Kier molecular flexibility index (Phi) is 8.39. The lowest BCUT2D eigenvalue weighted by atomic mass is 10.0. The molecule has 0 fully saturated rings. The van der Waals surface area contributed by atoms with Crippen LogP contribution in [0.15, 0.2) is 16.6 Å². The Morgan fingerprint density at radius 1 is 1.15 bits per heavy atom. The summed E-state index contributed by atoms with van der Waals surface area (Å²) in [6.07, 6.45) is 8.39. The number of unbranched alkanes of at least 4 members (excludes halogenated alkanes) is 6. The van der Waals surface area contributed by atoms with Gasteiger partial charge in [0.15, 0.2) is 11.6 Å². The highest BCUT2D eigenvalue weighted by molar-refractivity contribution is 9.10. The fourth-order valence-corrected chi connectivity index (χ4v) is 2.59. The number of carbonyl (C=O) groups is 1. The summed E-state index contributed by atoms with van der Waals surface area (Å²) in [7, 11) is 0. The lowest BCUT2D eigenvalue weighted by molar-refractivity contribution is 0.0975. The molecule has 0 aliphatic carbocycles. The number of carbonyl (C=O) groups excluding carboxylic acids is 1.